The van der Waals surface area contributed by atoms with Crippen molar-refractivity contribution >= 4 is 21.9 Å². The summed E-state index contributed by atoms with van der Waals surface area (Å²) in [4.78, 5) is 25.2. The fraction of sp³-hybridized carbons (Fsp3) is 0.680. The SMILES string of the molecule is CC(=O)C(C)(COS(=O)(=O)c1c(C(C)C)cc(C(C)C)cc1C(C)C)C(=O)OC(C)(C)C. The molecule has 0 aliphatic heterocycles. The summed E-state index contributed by atoms with van der Waals surface area (Å²) in [5, 5.41) is 0. The summed E-state index contributed by atoms with van der Waals surface area (Å²) < 4.78 is 37.7. The fourth-order valence-electron chi connectivity index (χ4n) is 3.13. The van der Waals surface area contributed by atoms with Gasteiger partial charge in [-0.1, -0.05) is 53.7 Å². The van der Waals surface area contributed by atoms with Crippen LogP contribution >= 0.6 is 0 Å². The first-order chi connectivity index (χ1) is 14.3. The Morgan fingerprint density at radius 2 is 1.31 bits per heavy atom. The van der Waals surface area contributed by atoms with Crippen LogP contribution in [-0.2, 0) is 28.6 Å². The van der Waals surface area contributed by atoms with Crippen LogP contribution in [0.1, 0.15) is 111 Å². The lowest BCUT2D eigenvalue weighted by Gasteiger charge is -2.29. The van der Waals surface area contributed by atoms with E-state index < -0.39 is 39.5 Å². The average molecular weight is 469 g/mol. The maximum atomic E-state index is 13.5. The number of esters is 1. The minimum atomic E-state index is -4.26. The Morgan fingerprint density at radius 3 is 1.62 bits per heavy atom. The van der Waals surface area contributed by atoms with Crippen molar-refractivity contribution in [2.45, 2.75) is 104 Å². The second-order valence-electron chi connectivity index (χ2n) is 10.6. The quantitative estimate of drug-likeness (QED) is 0.262. The van der Waals surface area contributed by atoms with E-state index in [-0.39, 0.29) is 22.6 Å². The molecule has 1 aromatic carbocycles. The highest BCUT2D eigenvalue weighted by molar-refractivity contribution is 7.86. The summed E-state index contributed by atoms with van der Waals surface area (Å²) in [7, 11) is -4.26. The van der Waals surface area contributed by atoms with E-state index in [0.29, 0.717) is 11.1 Å². The van der Waals surface area contributed by atoms with E-state index >= 15 is 0 Å². The van der Waals surface area contributed by atoms with E-state index in [1.54, 1.807) is 20.8 Å². The minimum absolute atomic E-state index is 0.0652. The van der Waals surface area contributed by atoms with Crippen LogP contribution in [0.25, 0.3) is 0 Å². The van der Waals surface area contributed by atoms with Crippen molar-refractivity contribution in [1.29, 1.82) is 0 Å². The van der Waals surface area contributed by atoms with Gasteiger partial charge in [0.1, 0.15) is 21.7 Å². The number of Topliss-reactive ketones (excluding diaryl/α,β-unsaturated/α-hetero) is 1. The van der Waals surface area contributed by atoms with E-state index in [9.17, 15) is 18.0 Å². The van der Waals surface area contributed by atoms with Crippen molar-refractivity contribution in [2.75, 3.05) is 6.61 Å². The molecule has 0 aromatic heterocycles. The zero-order chi connectivity index (χ0) is 25.2. The number of ether oxygens (including phenoxy) is 1. The molecule has 1 aromatic rings. The molecule has 0 fully saturated rings. The predicted octanol–water partition coefficient (Wildman–Crippen LogP) is 5.70. The van der Waals surface area contributed by atoms with Gasteiger partial charge in [-0.2, -0.15) is 8.42 Å². The highest BCUT2D eigenvalue weighted by Crippen LogP contribution is 2.37. The van der Waals surface area contributed by atoms with Crippen molar-refractivity contribution < 1.29 is 26.9 Å². The normalized spacial score (nSPS) is 14.7. The van der Waals surface area contributed by atoms with Crippen LogP contribution < -0.4 is 0 Å². The topological polar surface area (TPSA) is 86.7 Å². The molecule has 0 heterocycles. The number of hydrogen-bond donors (Lipinski definition) is 0. The van der Waals surface area contributed by atoms with Gasteiger partial charge in [0.15, 0.2) is 0 Å². The average Bonchev–Trinajstić information content (AvgIpc) is 2.63. The number of carbonyl (C=O) groups is 2. The smallest absolute Gasteiger partial charge is 0.322 e. The molecule has 0 saturated heterocycles. The highest BCUT2D eigenvalue weighted by Gasteiger charge is 2.44. The van der Waals surface area contributed by atoms with E-state index in [4.69, 9.17) is 8.92 Å². The highest BCUT2D eigenvalue weighted by atomic mass is 32.2. The van der Waals surface area contributed by atoms with Crippen molar-refractivity contribution in [3.8, 4) is 0 Å². The molecule has 1 atom stereocenters. The molecule has 32 heavy (non-hydrogen) atoms. The summed E-state index contributed by atoms with van der Waals surface area (Å²) in [5.74, 6) is -1.23. The third-order valence-electron chi connectivity index (χ3n) is 5.46. The van der Waals surface area contributed by atoms with E-state index in [2.05, 4.69) is 13.8 Å². The zero-order valence-corrected chi connectivity index (χ0v) is 22.3. The van der Waals surface area contributed by atoms with Crippen LogP contribution in [0.15, 0.2) is 17.0 Å². The van der Waals surface area contributed by atoms with Gasteiger partial charge in [-0.15, -0.1) is 0 Å². The summed E-state index contributed by atoms with van der Waals surface area (Å²) >= 11 is 0. The summed E-state index contributed by atoms with van der Waals surface area (Å²) in [6.45, 7) is 18.9. The largest absolute Gasteiger partial charge is 0.459 e. The second kappa shape index (κ2) is 10.0. The molecule has 0 bridgehead atoms. The van der Waals surface area contributed by atoms with Gasteiger partial charge in [-0.3, -0.25) is 13.8 Å². The molecule has 182 valence electrons. The Kier molecular flexibility index (Phi) is 8.88. The number of hydrogen-bond acceptors (Lipinski definition) is 6. The Hall–Kier alpha value is -1.73. The van der Waals surface area contributed by atoms with Gasteiger partial charge in [-0.05, 0) is 69.1 Å². The molecule has 0 saturated carbocycles. The van der Waals surface area contributed by atoms with Gasteiger partial charge in [0.05, 0.1) is 6.61 Å². The Morgan fingerprint density at radius 1 is 0.875 bits per heavy atom. The predicted molar refractivity (Wildman–Crippen MR) is 126 cm³/mol. The van der Waals surface area contributed by atoms with Crippen molar-refractivity contribution in [2.24, 2.45) is 5.41 Å². The maximum Gasteiger partial charge on any atom is 0.322 e. The molecule has 0 radical (unpaired) electrons. The molecule has 0 aliphatic carbocycles. The maximum absolute atomic E-state index is 13.5. The standard InChI is InChI=1S/C25H40O6S/c1-15(2)19-12-20(16(3)4)22(21(13-19)17(5)6)32(28,29)30-14-25(11,18(7)26)23(27)31-24(8,9)10/h12-13,15-17H,14H2,1-11H3. The number of benzene rings is 1. The van der Waals surface area contributed by atoms with Crippen LogP contribution in [0.2, 0.25) is 0 Å². The first kappa shape index (κ1) is 28.3. The molecule has 1 rings (SSSR count). The first-order valence-corrected chi connectivity index (χ1v) is 12.6. The lowest BCUT2D eigenvalue weighted by atomic mass is 9.87. The molecular formula is C25H40O6S. The van der Waals surface area contributed by atoms with Crippen molar-refractivity contribution in [1.82, 2.24) is 0 Å². The third-order valence-corrected chi connectivity index (χ3v) is 6.86. The molecule has 0 aliphatic rings. The second-order valence-corrected chi connectivity index (χ2v) is 12.2. The van der Waals surface area contributed by atoms with E-state index in [0.717, 1.165) is 5.56 Å². The molecule has 7 heteroatoms. The molecule has 1 unspecified atom stereocenters. The molecule has 0 spiro atoms. The molecular weight excluding hydrogens is 428 g/mol. The van der Waals surface area contributed by atoms with Gasteiger partial charge < -0.3 is 4.74 Å². The minimum Gasteiger partial charge on any atom is -0.459 e. The number of ketones is 1. The summed E-state index contributed by atoms with van der Waals surface area (Å²) in [6, 6.07) is 3.82. The monoisotopic (exact) mass is 468 g/mol. The van der Waals surface area contributed by atoms with E-state index in [1.165, 1.54) is 13.8 Å². The lowest BCUT2D eigenvalue weighted by Crippen LogP contribution is -2.44. The zero-order valence-electron chi connectivity index (χ0n) is 21.5. The fourth-order valence-corrected chi connectivity index (χ4v) is 4.80. The summed E-state index contributed by atoms with van der Waals surface area (Å²) in [6.07, 6.45) is 0. The van der Waals surface area contributed by atoms with Gasteiger partial charge >= 0.3 is 5.97 Å². The lowest BCUT2D eigenvalue weighted by molar-refractivity contribution is -0.170. The molecule has 0 N–H and O–H groups in total. The Balaban J connectivity index is 3.53. The van der Waals surface area contributed by atoms with Crippen molar-refractivity contribution in [3.05, 3.63) is 28.8 Å². The Bertz CT molecular complexity index is 922. The van der Waals surface area contributed by atoms with Crippen LogP contribution in [-0.4, -0.2) is 32.4 Å². The van der Waals surface area contributed by atoms with Gasteiger partial charge in [0, 0.05) is 0 Å². The molecule has 6 nitrogen and oxygen atoms in total. The number of rotatable bonds is 9. The van der Waals surface area contributed by atoms with Gasteiger partial charge in [-0.25, -0.2) is 0 Å². The van der Waals surface area contributed by atoms with Crippen LogP contribution in [0.5, 0.6) is 0 Å². The van der Waals surface area contributed by atoms with Crippen LogP contribution in [0.3, 0.4) is 0 Å². The third kappa shape index (κ3) is 6.64. The number of carbonyl (C=O) groups excluding carboxylic acids is 2. The van der Waals surface area contributed by atoms with Crippen molar-refractivity contribution in [3.63, 3.8) is 0 Å². The van der Waals surface area contributed by atoms with E-state index in [1.807, 2.05) is 39.8 Å². The first-order valence-electron chi connectivity index (χ1n) is 11.1. The Labute approximate surface area is 194 Å². The summed E-state index contributed by atoms with van der Waals surface area (Å²) in [5.41, 5.74) is -0.175. The van der Waals surface area contributed by atoms with Gasteiger partial charge in [0.25, 0.3) is 10.1 Å². The van der Waals surface area contributed by atoms with Gasteiger partial charge in [0.2, 0.25) is 0 Å². The van der Waals surface area contributed by atoms with Crippen LogP contribution in [0, 0.1) is 5.41 Å². The van der Waals surface area contributed by atoms with Crippen LogP contribution in [0.4, 0.5) is 0 Å². The molecule has 0 amide bonds.